The third-order valence-corrected chi connectivity index (χ3v) is 1.63. The largest absolute Gasteiger partial charge is 0.254 e. The van der Waals surface area contributed by atoms with E-state index in [0.29, 0.717) is 0 Å². The maximum atomic E-state index is 4.33. The summed E-state index contributed by atoms with van der Waals surface area (Å²) >= 11 is 0. The summed E-state index contributed by atoms with van der Waals surface area (Å²) in [4.78, 5) is 8.45. The number of aliphatic imine (C=N–C) groups is 2. The van der Waals surface area contributed by atoms with Crippen LogP contribution in [0.25, 0.3) is 0 Å². The molecule has 0 saturated heterocycles. The topological polar surface area (TPSA) is 24.7 Å². The maximum Gasteiger partial charge on any atom is 0.0905 e. The van der Waals surface area contributed by atoms with Crippen LogP contribution in [0.2, 0.25) is 0 Å². The van der Waals surface area contributed by atoms with Gasteiger partial charge in [0, 0.05) is 18.3 Å². The zero-order chi connectivity index (χ0) is 7.68. The Morgan fingerprint density at radius 1 is 1.45 bits per heavy atom. The molecule has 2 nitrogen and oxygen atoms in total. The van der Waals surface area contributed by atoms with E-state index >= 15 is 0 Å². The summed E-state index contributed by atoms with van der Waals surface area (Å²) in [7, 11) is 0. The fourth-order valence-electron chi connectivity index (χ4n) is 1.14. The van der Waals surface area contributed by atoms with Crippen LogP contribution in [0.4, 0.5) is 0 Å². The number of nitrogens with zero attached hydrogens (tertiary/aromatic N) is 2. The Bertz CT molecular complexity index is 316. The molecule has 0 atom stereocenters. The maximum absolute atomic E-state index is 4.33. The minimum atomic E-state index is 0.830. The molecule has 0 aromatic carbocycles. The second kappa shape index (κ2) is 2.31. The van der Waals surface area contributed by atoms with Gasteiger partial charge in [0.05, 0.1) is 11.4 Å². The Morgan fingerprint density at radius 3 is 3.09 bits per heavy atom. The first kappa shape index (κ1) is 6.28. The van der Waals surface area contributed by atoms with Crippen molar-refractivity contribution in [2.24, 2.45) is 9.98 Å². The summed E-state index contributed by atoms with van der Waals surface area (Å²) in [5.74, 6) is 0. The molecule has 0 saturated carbocycles. The monoisotopic (exact) mass is 144 g/mol. The van der Waals surface area contributed by atoms with Crippen LogP contribution in [0.15, 0.2) is 46.2 Å². The molecule has 0 aliphatic carbocycles. The lowest BCUT2D eigenvalue weighted by Gasteiger charge is -1.86. The van der Waals surface area contributed by atoms with Gasteiger partial charge in [-0.05, 0) is 12.2 Å². The summed E-state index contributed by atoms with van der Waals surface area (Å²) in [6.45, 7) is 3.65. The average molecular weight is 144 g/mol. The van der Waals surface area contributed by atoms with Gasteiger partial charge in [0.1, 0.15) is 0 Å². The highest BCUT2D eigenvalue weighted by atomic mass is 14.9. The molecule has 2 rings (SSSR count). The standard InChI is InChI=1S/C9H8N2/c1-2-3-7-6-9-8(11-7)4-5-10-9/h2,4-6H,1,3H2. The predicted octanol–water partition coefficient (Wildman–Crippen LogP) is 1.87. The van der Waals surface area contributed by atoms with Crippen LogP contribution in [0.5, 0.6) is 0 Å². The molecule has 11 heavy (non-hydrogen) atoms. The highest BCUT2D eigenvalue weighted by Gasteiger charge is 2.14. The van der Waals surface area contributed by atoms with E-state index < -0.39 is 0 Å². The van der Waals surface area contributed by atoms with Crippen LogP contribution in [-0.4, -0.2) is 11.9 Å². The zero-order valence-corrected chi connectivity index (χ0v) is 6.12. The van der Waals surface area contributed by atoms with Crippen molar-refractivity contribution in [1.29, 1.82) is 0 Å². The summed E-state index contributed by atoms with van der Waals surface area (Å²) in [6, 6.07) is 0. The number of hydrogen-bond acceptors (Lipinski definition) is 2. The molecule has 0 bridgehead atoms. The van der Waals surface area contributed by atoms with Crippen molar-refractivity contribution in [3.8, 4) is 0 Å². The molecule has 0 radical (unpaired) electrons. The first-order valence-electron chi connectivity index (χ1n) is 3.55. The van der Waals surface area contributed by atoms with E-state index in [0.717, 1.165) is 23.5 Å². The highest BCUT2D eigenvalue weighted by molar-refractivity contribution is 6.02. The van der Waals surface area contributed by atoms with E-state index in [2.05, 4.69) is 16.6 Å². The zero-order valence-electron chi connectivity index (χ0n) is 6.12. The Balaban J connectivity index is 2.26. The van der Waals surface area contributed by atoms with Crippen LogP contribution in [0, 0.1) is 0 Å². The Labute approximate surface area is 65.4 Å². The lowest BCUT2D eigenvalue weighted by molar-refractivity contribution is 1.32. The van der Waals surface area contributed by atoms with Crippen LogP contribution in [-0.2, 0) is 0 Å². The molecule has 0 fully saturated rings. The molecule has 0 unspecified atom stereocenters. The molecule has 0 spiro atoms. The minimum Gasteiger partial charge on any atom is -0.254 e. The van der Waals surface area contributed by atoms with Gasteiger partial charge in [-0.1, -0.05) is 6.08 Å². The first-order chi connectivity index (χ1) is 5.40. The van der Waals surface area contributed by atoms with Crippen molar-refractivity contribution < 1.29 is 0 Å². The summed E-state index contributed by atoms with van der Waals surface area (Å²) in [6.07, 6.45) is 8.37. The SMILES string of the molecule is C=CCC1=NC2=CC=NC2=C1. The first-order valence-corrected chi connectivity index (χ1v) is 3.55. The van der Waals surface area contributed by atoms with Crippen molar-refractivity contribution in [1.82, 2.24) is 0 Å². The molecule has 0 aromatic rings. The molecular formula is C9H8N2. The molecule has 2 aliphatic heterocycles. The van der Waals surface area contributed by atoms with Gasteiger partial charge in [0.2, 0.25) is 0 Å². The lowest BCUT2D eigenvalue weighted by Crippen LogP contribution is -1.85. The fourth-order valence-corrected chi connectivity index (χ4v) is 1.14. The van der Waals surface area contributed by atoms with Crippen molar-refractivity contribution >= 4 is 11.9 Å². The van der Waals surface area contributed by atoms with Gasteiger partial charge in [-0.15, -0.1) is 6.58 Å². The number of allylic oxidation sites excluding steroid dienone is 3. The minimum absolute atomic E-state index is 0.830. The smallest absolute Gasteiger partial charge is 0.0905 e. The van der Waals surface area contributed by atoms with Crippen molar-refractivity contribution in [2.45, 2.75) is 6.42 Å². The van der Waals surface area contributed by atoms with E-state index in [4.69, 9.17) is 0 Å². The molecule has 2 aliphatic rings. The fraction of sp³-hybridized carbons (Fsp3) is 0.111. The van der Waals surface area contributed by atoms with Crippen molar-refractivity contribution in [2.75, 3.05) is 0 Å². The third kappa shape index (κ3) is 0.963. The quantitative estimate of drug-likeness (QED) is 0.528. The van der Waals surface area contributed by atoms with Gasteiger partial charge in [-0.2, -0.15) is 0 Å². The molecule has 2 heterocycles. The van der Waals surface area contributed by atoms with E-state index in [1.165, 1.54) is 0 Å². The summed E-state index contributed by atoms with van der Waals surface area (Å²) in [5, 5.41) is 0. The van der Waals surface area contributed by atoms with Crippen molar-refractivity contribution in [3.05, 3.63) is 36.2 Å². The van der Waals surface area contributed by atoms with E-state index in [-0.39, 0.29) is 0 Å². The molecular weight excluding hydrogens is 136 g/mol. The van der Waals surface area contributed by atoms with Crippen LogP contribution in [0.1, 0.15) is 6.42 Å². The average Bonchev–Trinajstić information content (AvgIpc) is 2.46. The number of fused-ring (bicyclic) bond motifs is 1. The van der Waals surface area contributed by atoms with Gasteiger partial charge < -0.3 is 0 Å². The molecule has 0 N–H and O–H groups in total. The van der Waals surface area contributed by atoms with Gasteiger partial charge in [0.25, 0.3) is 0 Å². The second-order valence-electron chi connectivity index (χ2n) is 2.46. The van der Waals surface area contributed by atoms with Gasteiger partial charge in [-0.25, -0.2) is 0 Å². The second-order valence-corrected chi connectivity index (χ2v) is 2.46. The van der Waals surface area contributed by atoms with Crippen LogP contribution in [0.3, 0.4) is 0 Å². The Kier molecular flexibility index (Phi) is 1.32. The van der Waals surface area contributed by atoms with Gasteiger partial charge in [0.15, 0.2) is 0 Å². The lowest BCUT2D eigenvalue weighted by atomic mass is 10.2. The van der Waals surface area contributed by atoms with Crippen LogP contribution >= 0.6 is 0 Å². The molecule has 0 aromatic heterocycles. The summed E-state index contributed by atoms with van der Waals surface area (Å²) < 4.78 is 0. The third-order valence-electron chi connectivity index (χ3n) is 1.63. The van der Waals surface area contributed by atoms with Crippen LogP contribution < -0.4 is 0 Å². The predicted molar refractivity (Wildman–Crippen MR) is 46.9 cm³/mol. The Morgan fingerprint density at radius 2 is 2.36 bits per heavy atom. The van der Waals surface area contributed by atoms with Gasteiger partial charge in [-0.3, -0.25) is 9.98 Å². The summed E-state index contributed by atoms with van der Waals surface area (Å²) in [5.41, 5.74) is 3.03. The molecule has 54 valence electrons. The van der Waals surface area contributed by atoms with E-state index in [9.17, 15) is 0 Å². The highest BCUT2D eigenvalue weighted by Crippen LogP contribution is 2.23. The molecule has 0 amide bonds. The Hall–Kier alpha value is -1.44. The van der Waals surface area contributed by atoms with E-state index in [1.807, 2.05) is 18.2 Å². The number of rotatable bonds is 2. The normalized spacial score (nSPS) is 19.1. The number of hydrogen-bond donors (Lipinski definition) is 0. The molecule has 2 heteroatoms. The van der Waals surface area contributed by atoms with E-state index in [1.54, 1.807) is 6.21 Å². The van der Waals surface area contributed by atoms with Gasteiger partial charge >= 0.3 is 0 Å². The van der Waals surface area contributed by atoms with Crippen molar-refractivity contribution in [3.63, 3.8) is 0 Å².